The first-order chi connectivity index (χ1) is 18.6. The zero-order valence-electron chi connectivity index (χ0n) is 21.5. The summed E-state index contributed by atoms with van der Waals surface area (Å²) in [6, 6.07) is 16.0. The first kappa shape index (κ1) is 28.5. The standard InChI is InChI=1S/C28H26ClNO7S2/c1-4-35-25-16-20(7-12-23(25)37-39(33,34)22-10-8-21(29)9-11-22)17-26-27(31)30(28(32)38-26)13-14-36-24-15-18(2)5-6-19(24)3/h5-12,15-17H,4,13-14H2,1-3H3/b26-17-. The van der Waals surface area contributed by atoms with Crippen molar-refractivity contribution in [3.05, 3.63) is 87.3 Å². The van der Waals surface area contributed by atoms with E-state index < -0.39 is 21.3 Å². The summed E-state index contributed by atoms with van der Waals surface area (Å²) in [4.78, 5) is 26.8. The van der Waals surface area contributed by atoms with Gasteiger partial charge < -0.3 is 13.7 Å². The quantitative estimate of drug-likeness (QED) is 0.203. The fourth-order valence-electron chi connectivity index (χ4n) is 3.67. The van der Waals surface area contributed by atoms with Gasteiger partial charge in [-0.3, -0.25) is 14.5 Å². The molecular weight excluding hydrogens is 562 g/mol. The second-order valence-electron chi connectivity index (χ2n) is 8.58. The van der Waals surface area contributed by atoms with Gasteiger partial charge in [-0.2, -0.15) is 8.42 Å². The minimum atomic E-state index is -4.14. The summed E-state index contributed by atoms with van der Waals surface area (Å²) >= 11 is 6.67. The number of ether oxygens (including phenoxy) is 2. The number of hydrogen-bond acceptors (Lipinski definition) is 8. The molecule has 204 valence electrons. The zero-order chi connectivity index (χ0) is 28.2. The highest BCUT2D eigenvalue weighted by Crippen LogP contribution is 2.35. The fraction of sp³-hybridized carbons (Fsp3) is 0.214. The molecule has 0 unspecified atom stereocenters. The Hall–Kier alpha value is -3.47. The maximum absolute atomic E-state index is 12.9. The first-order valence-corrected chi connectivity index (χ1v) is 14.6. The number of rotatable bonds is 10. The monoisotopic (exact) mass is 587 g/mol. The average Bonchev–Trinajstić information content (AvgIpc) is 3.15. The van der Waals surface area contributed by atoms with Crippen LogP contribution in [0.25, 0.3) is 6.08 Å². The van der Waals surface area contributed by atoms with Gasteiger partial charge in [-0.1, -0.05) is 29.8 Å². The van der Waals surface area contributed by atoms with Crippen molar-refractivity contribution in [1.82, 2.24) is 4.90 Å². The maximum Gasteiger partial charge on any atom is 0.339 e. The van der Waals surface area contributed by atoms with Gasteiger partial charge in [0.15, 0.2) is 11.5 Å². The largest absolute Gasteiger partial charge is 0.491 e. The van der Waals surface area contributed by atoms with Gasteiger partial charge in [0.05, 0.1) is 18.1 Å². The molecule has 0 spiro atoms. The number of carbonyl (C=O) groups excluding carboxylic acids is 2. The lowest BCUT2D eigenvalue weighted by Gasteiger charge is -2.14. The highest BCUT2D eigenvalue weighted by Gasteiger charge is 2.35. The van der Waals surface area contributed by atoms with Crippen LogP contribution in [0.1, 0.15) is 23.6 Å². The Labute approximate surface area is 236 Å². The van der Waals surface area contributed by atoms with Crippen molar-refractivity contribution >= 4 is 50.7 Å². The minimum Gasteiger partial charge on any atom is -0.491 e. The number of halogens is 1. The van der Waals surface area contributed by atoms with Crippen LogP contribution in [0, 0.1) is 13.8 Å². The Morgan fingerprint density at radius 2 is 1.67 bits per heavy atom. The Balaban J connectivity index is 1.48. The SMILES string of the molecule is CCOc1cc(/C=C2\SC(=O)N(CCOc3cc(C)ccc3C)C2=O)ccc1OS(=O)(=O)c1ccc(Cl)cc1. The summed E-state index contributed by atoms with van der Waals surface area (Å²) in [5.41, 5.74) is 2.55. The van der Waals surface area contributed by atoms with E-state index in [1.54, 1.807) is 25.1 Å². The molecule has 1 heterocycles. The molecule has 0 N–H and O–H groups in total. The average molecular weight is 588 g/mol. The highest BCUT2D eigenvalue weighted by molar-refractivity contribution is 8.18. The number of amides is 2. The summed E-state index contributed by atoms with van der Waals surface area (Å²) in [7, 11) is -4.14. The van der Waals surface area contributed by atoms with Crippen LogP contribution in [-0.2, 0) is 14.9 Å². The second kappa shape index (κ2) is 12.1. The molecule has 0 saturated carbocycles. The Kier molecular flexibility index (Phi) is 8.89. The van der Waals surface area contributed by atoms with Gasteiger partial charge in [0.1, 0.15) is 17.3 Å². The lowest BCUT2D eigenvalue weighted by atomic mass is 10.1. The van der Waals surface area contributed by atoms with Crippen molar-refractivity contribution in [3.8, 4) is 17.2 Å². The van der Waals surface area contributed by atoms with Gasteiger partial charge in [0.25, 0.3) is 11.1 Å². The molecule has 1 aliphatic rings. The van der Waals surface area contributed by atoms with E-state index >= 15 is 0 Å². The predicted octanol–water partition coefficient (Wildman–Crippen LogP) is 6.24. The molecule has 0 radical (unpaired) electrons. The smallest absolute Gasteiger partial charge is 0.339 e. The van der Waals surface area contributed by atoms with E-state index in [0.717, 1.165) is 27.8 Å². The highest BCUT2D eigenvalue weighted by atomic mass is 35.5. The molecule has 1 fully saturated rings. The van der Waals surface area contributed by atoms with Crippen molar-refractivity contribution < 1.29 is 31.7 Å². The van der Waals surface area contributed by atoms with Crippen molar-refractivity contribution in [2.75, 3.05) is 19.8 Å². The number of nitrogens with zero attached hydrogens (tertiary/aromatic N) is 1. The van der Waals surface area contributed by atoms with Crippen LogP contribution in [0.2, 0.25) is 5.02 Å². The summed E-state index contributed by atoms with van der Waals surface area (Å²) < 4.78 is 42.2. The molecule has 11 heteroatoms. The first-order valence-electron chi connectivity index (χ1n) is 12.0. The molecule has 39 heavy (non-hydrogen) atoms. The number of benzene rings is 3. The normalized spacial score (nSPS) is 14.7. The predicted molar refractivity (Wildman–Crippen MR) is 151 cm³/mol. The van der Waals surface area contributed by atoms with Crippen molar-refractivity contribution in [2.45, 2.75) is 25.7 Å². The summed E-state index contributed by atoms with van der Waals surface area (Å²) in [5, 5.41) is 0.00137. The van der Waals surface area contributed by atoms with Gasteiger partial charge in [-0.25, -0.2) is 0 Å². The summed E-state index contributed by atoms with van der Waals surface area (Å²) in [5.74, 6) is 0.435. The van der Waals surface area contributed by atoms with E-state index in [1.165, 1.54) is 30.3 Å². The van der Waals surface area contributed by atoms with E-state index in [9.17, 15) is 18.0 Å². The van der Waals surface area contributed by atoms with Crippen LogP contribution in [-0.4, -0.2) is 44.2 Å². The van der Waals surface area contributed by atoms with E-state index in [4.69, 9.17) is 25.3 Å². The van der Waals surface area contributed by atoms with Crippen LogP contribution >= 0.6 is 23.4 Å². The van der Waals surface area contributed by atoms with Crippen LogP contribution < -0.4 is 13.7 Å². The van der Waals surface area contributed by atoms with Crippen molar-refractivity contribution in [3.63, 3.8) is 0 Å². The molecule has 0 bridgehead atoms. The molecule has 0 aromatic heterocycles. The molecule has 3 aromatic carbocycles. The molecule has 1 saturated heterocycles. The van der Waals surface area contributed by atoms with E-state index in [-0.39, 0.29) is 41.1 Å². The Morgan fingerprint density at radius 3 is 2.38 bits per heavy atom. The van der Waals surface area contributed by atoms with Crippen LogP contribution in [0.15, 0.2) is 70.5 Å². The van der Waals surface area contributed by atoms with Gasteiger partial charge in [0, 0.05) is 5.02 Å². The van der Waals surface area contributed by atoms with Crippen LogP contribution in [0.4, 0.5) is 4.79 Å². The lowest BCUT2D eigenvalue weighted by Crippen LogP contribution is -2.32. The topological polar surface area (TPSA) is 99.2 Å². The molecule has 8 nitrogen and oxygen atoms in total. The minimum absolute atomic E-state index is 0.0133. The van der Waals surface area contributed by atoms with Crippen molar-refractivity contribution in [1.29, 1.82) is 0 Å². The molecule has 3 aromatic rings. The third-order valence-electron chi connectivity index (χ3n) is 5.66. The number of imide groups is 1. The summed E-state index contributed by atoms with van der Waals surface area (Å²) in [6.07, 6.45) is 1.55. The summed E-state index contributed by atoms with van der Waals surface area (Å²) in [6.45, 7) is 6.15. The molecule has 1 aliphatic heterocycles. The van der Waals surface area contributed by atoms with E-state index in [0.29, 0.717) is 16.3 Å². The van der Waals surface area contributed by atoms with Gasteiger partial charge in [-0.15, -0.1) is 0 Å². The van der Waals surface area contributed by atoms with Crippen LogP contribution in [0.5, 0.6) is 17.2 Å². The third kappa shape index (κ3) is 6.95. The zero-order valence-corrected chi connectivity index (χ0v) is 23.9. The molecule has 0 atom stereocenters. The number of carbonyl (C=O) groups is 2. The van der Waals surface area contributed by atoms with E-state index in [1.807, 2.05) is 32.0 Å². The van der Waals surface area contributed by atoms with Gasteiger partial charge >= 0.3 is 10.1 Å². The van der Waals surface area contributed by atoms with Crippen LogP contribution in [0.3, 0.4) is 0 Å². The third-order valence-corrected chi connectivity index (χ3v) is 8.06. The molecule has 0 aliphatic carbocycles. The van der Waals surface area contributed by atoms with Gasteiger partial charge in [0.2, 0.25) is 0 Å². The lowest BCUT2D eigenvalue weighted by molar-refractivity contribution is -0.123. The molecule has 4 rings (SSSR count). The maximum atomic E-state index is 12.9. The second-order valence-corrected chi connectivity index (χ2v) is 11.6. The molecule has 2 amide bonds. The van der Waals surface area contributed by atoms with E-state index in [2.05, 4.69) is 0 Å². The number of hydrogen-bond donors (Lipinski definition) is 0. The fourth-order valence-corrected chi connectivity index (χ4v) is 5.60. The van der Waals surface area contributed by atoms with Crippen molar-refractivity contribution in [2.24, 2.45) is 0 Å². The Morgan fingerprint density at radius 1 is 0.923 bits per heavy atom. The molecular formula is C28H26ClNO7S2. The number of aryl methyl sites for hydroxylation is 2. The Bertz CT molecular complexity index is 1540. The van der Waals surface area contributed by atoms with Gasteiger partial charge in [-0.05, 0) is 97.8 Å². The number of thioether (sulfide) groups is 1.